The highest BCUT2D eigenvalue weighted by molar-refractivity contribution is 5.79. The summed E-state index contributed by atoms with van der Waals surface area (Å²) in [5.74, 6) is 0.227. The van der Waals surface area contributed by atoms with E-state index < -0.39 is 0 Å². The number of carbonyl (C=O) groups excluding carboxylic acids is 1. The number of amides is 1. The summed E-state index contributed by atoms with van der Waals surface area (Å²) in [5.41, 5.74) is 0. The first kappa shape index (κ1) is 10.5. The van der Waals surface area contributed by atoms with E-state index in [9.17, 15) is 4.79 Å². The van der Waals surface area contributed by atoms with Crippen molar-refractivity contribution in [2.24, 2.45) is 5.92 Å². The molecule has 2 atom stereocenters. The molecule has 0 bridgehead atoms. The minimum atomic E-state index is 0.110. The molecule has 1 rings (SSSR count). The van der Waals surface area contributed by atoms with Crippen LogP contribution < -0.4 is 10.6 Å². The van der Waals surface area contributed by atoms with Gasteiger partial charge >= 0.3 is 0 Å². The highest BCUT2D eigenvalue weighted by atomic mass is 16.3. The second-order valence-electron chi connectivity index (χ2n) is 3.51. The van der Waals surface area contributed by atoms with Crippen LogP contribution in [0.5, 0.6) is 0 Å². The second kappa shape index (κ2) is 5.19. The third-order valence-corrected chi connectivity index (χ3v) is 2.50. The molecule has 0 aromatic carbocycles. The van der Waals surface area contributed by atoms with Crippen LogP contribution in [0.25, 0.3) is 0 Å². The first-order valence-corrected chi connectivity index (χ1v) is 4.87. The first-order chi connectivity index (χ1) is 6.25. The summed E-state index contributed by atoms with van der Waals surface area (Å²) in [7, 11) is 0. The lowest BCUT2D eigenvalue weighted by atomic mass is 10.0. The second-order valence-corrected chi connectivity index (χ2v) is 3.51. The quantitative estimate of drug-likeness (QED) is 0.518. The summed E-state index contributed by atoms with van der Waals surface area (Å²) >= 11 is 0. The Hall–Kier alpha value is -0.610. The smallest absolute Gasteiger partial charge is 0.224 e. The van der Waals surface area contributed by atoms with Crippen LogP contribution in [0.2, 0.25) is 0 Å². The molecule has 76 valence electrons. The van der Waals surface area contributed by atoms with Gasteiger partial charge in [0.2, 0.25) is 5.91 Å². The molecule has 4 heteroatoms. The Morgan fingerprint density at radius 3 is 3.00 bits per heavy atom. The molecule has 1 aliphatic heterocycles. The lowest BCUT2D eigenvalue weighted by Crippen LogP contribution is -2.37. The van der Waals surface area contributed by atoms with Gasteiger partial charge in [-0.2, -0.15) is 0 Å². The lowest BCUT2D eigenvalue weighted by molar-refractivity contribution is -0.125. The molecule has 3 N–H and O–H groups in total. The fourth-order valence-electron chi connectivity index (χ4n) is 1.64. The van der Waals surface area contributed by atoms with Crippen LogP contribution in [0.3, 0.4) is 0 Å². The van der Waals surface area contributed by atoms with Crippen molar-refractivity contribution in [3.05, 3.63) is 0 Å². The molecular formula is C9H18N2O2. The fraction of sp³-hybridized carbons (Fsp3) is 0.889. The van der Waals surface area contributed by atoms with E-state index in [2.05, 4.69) is 10.6 Å². The first-order valence-electron chi connectivity index (χ1n) is 4.87. The lowest BCUT2D eigenvalue weighted by Gasteiger charge is -2.14. The molecule has 0 aliphatic carbocycles. The molecule has 1 heterocycles. The van der Waals surface area contributed by atoms with Crippen LogP contribution in [0, 0.1) is 5.92 Å². The Morgan fingerprint density at radius 1 is 1.69 bits per heavy atom. The van der Waals surface area contributed by atoms with E-state index in [1.165, 1.54) is 0 Å². The van der Waals surface area contributed by atoms with Gasteiger partial charge in [-0.1, -0.05) is 0 Å². The van der Waals surface area contributed by atoms with Crippen molar-refractivity contribution in [1.29, 1.82) is 0 Å². The molecule has 0 radical (unpaired) electrons. The maximum Gasteiger partial charge on any atom is 0.224 e. The van der Waals surface area contributed by atoms with E-state index in [0.29, 0.717) is 13.0 Å². The number of hydrogen-bond donors (Lipinski definition) is 3. The molecule has 0 saturated carbocycles. The van der Waals surface area contributed by atoms with Crippen molar-refractivity contribution in [3.8, 4) is 0 Å². The molecule has 1 amide bonds. The Kier molecular flexibility index (Phi) is 4.18. The molecule has 1 aliphatic rings. The van der Waals surface area contributed by atoms with E-state index in [0.717, 1.165) is 13.0 Å². The van der Waals surface area contributed by atoms with Gasteiger partial charge in [0, 0.05) is 19.2 Å². The molecule has 4 nitrogen and oxygen atoms in total. The molecule has 1 fully saturated rings. The number of nitrogens with one attached hydrogen (secondary N) is 2. The van der Waals surface area contributed by atoms with Crippen LogP contribution in [0.1, 0.15) is 19.8 Å². The average molecular weight is 186 g/mol. The Balaban J connectivity index is 2.22. The topological polar surface area (TPSA) is 61.4 Å². The number of carbonyl (C=O) groups is 1. The molecule has 0 aromatic heterocycles. The van der Waals surface area contributed by atoms with Gasteiger partial charge in [-0.3, -0.25) is 4.79 Å². The Morgan fingerprint density at radius 2 is 2.46 bits per heavy atom. The van der Waals surface area contributed by atoms with Crippen molar-refractivity contribution in [2.75, 3.05) is 19.7 Å². The Bertz CT molecular complexity index is 173. The van der Waals surface area contributed by atoms with E-state index in [1.807, 2.05) is 6.92 Å². The van der Waals surface area contributed by atoms with Crippen molar-refractivity contribution in [2.45, 2.75) is 25.8 Å². The van der Waals surface area contributed by atoms with Gasteiger partial charge < -0.3 is 15.7 Å². The maximum atomic E-state index is 11.5. The van der Waals surface area contributed by atoms with E-state index in [-0.39, 0.29) is 24.5 Å². The van der Waals surface area contributed by atoms with Gasteiger partial charge in [0.1, 0.15) is 0 Å². The third kappa shape index (κ3) is 2.97. The molecule has 13 heavy (non-hydrogen) atoms. The summed E-state index contributed by atoms with van der Waals surface area (Å²) < 4.78 is 0. The number of aliphatic hydroxyl groups excluding tert-OH is 1. The summed E-state index contributed by atoms with van der Waals surface area (Å²) in [4.78, 5) is 11.5. The molecule has 0 aromatic rings. The van der Waals surface area contributed by atoms with Crippen molar-refractivity contribution < 1.29 is 9.90 Å². The standard InChI is InChI=1S/C9H18N2O2/c1-7-8(3-5-10-7)9(13)11-4-2-6-12/h7-8,10,12H,2-6H2,1H3,(H,11,13). The van der Waals surface area contributed by atoms with Crippen molar-refractivity contribution in [3.63, 3.8) is 0 Å². The number of hydrogen-bond acceptors (Lipinski definition) is 3. The largest absolute Gasteiger partial charge is 0.396 e. The minimum Gasteiger partial charge on any atom is -0.396 e. The van der Waals surface area contributed by atoms with E-state index in [1.54, 1.807) is 0 Å². The summed E-state index contributed by atoms with van der Waals surface area (Å²) in [6, 6.07) is 0.286. The van der Waals surface area contributed by atoms with Gasteiger partial charge in [0.05, 0.1) is 5.92 Å². The van der Waals surface area contributed by atoms with Gasteiger partial charge in [0.15, 0.2) is 0 Å². The van der Waals surface area contributed by atoms with Crippen molar-refractivity contribution >= 4 is 5.91 Å². The van der Waals surface area contributed by atoms with Gasteiger partial charge in [-0.15, -0.1) is 0 Å². The van der Waals surface area contributed by atoms with E-state index in [4.69, 9.17) is 5.11 Å². The molecule has 2 unspecified atom stereocenters. The summed E-state index contributed by atoms with van der Waals surface area (Å²) in [6.45, 7) is 3.68. The minimum absolute atomic E-state index is 0.110. The monoisotopic (exact) mass is 186 g/mol. The highest BCUT2D eigenvalue weighted by Gasteiger charge is 2.28. The van der Waals surface area contributed by atoms with Crippen LogP contribution >= 0.6 is 0 Å². The normalized spacial score (nSPS) is 27.5. The molecule has 0 spiro atoms. The van der Waals surface area contributed by atoms with Gasteiger partial charge in [0.25, 0.3) is 0 Å². The fourth-order valence-corrected chi connectivity index (χ4v) is 1.64. The maximum absolute atomic E-state index is 11.5. The summed E-state index contributed by atoms with van der Waals surface area (Å²) in [6.07, 6.45) is 1.56. The van der Waals surface area contributed by atoms with Crippen LogP contribution in [0.15, 0.2) is 0 Å². The average Bonchev–Trinajstić information content (AvgIpc) is 2.52. The van der Waals surface area contributed by atoms with Crippen LogP contribution in [-0.2, 0) is 4.79 Å². The summed E-state index contributed by atoms with van der Waals surface area (Å²) in [5, 5.41) is 14.6. The molecule has 1 saturated heterocycles. The van der Waals surface area contributed by atoms with Crippen molar-refractivity contribution in [1.82, 2.24) is 10.6 Å². The number of aliphatic hydroxyl groups is 1. The van der Waals surface area contributed by atoms with Gasteiger partial charge in [-0.05, 0) is 26.3 Å². The third-order valence-electron chi connectivity index (χ3n) is 2.50. The highest BCUT2D eigenvalue weighted by Crippen LogP contribution is 2.14. The Labute approximate surface area is 78.7 Å². The molecular weight excluding hydrogens is 168 g/mol. The zero-order chi connectivity index (χ0) is 9.68. The van der Waals surface area contributed by atoms with Gasteiger partial charge in [-0.25, -0.2) is 0 Å². The van der Waals surface area contributed by atoms with Crippen LogP contribution in [0.4, 0.5) is 0 Å². The zero-order valence-electron chi connectivity index (χ0n) is 8.05. The van der Waals surface area contributed by atoms with Crippen LogP contribution in [-0.4, -0.2) is 36.8 Å². The predicted molar refractivity (Wildman–Crippen MR) is 50.3 cm³/mol. The number of rotatable bonds is 4. The predicted octanol–water partition coefficient (Wildman–Crippen LogP) is -0.517. The van der Waals surface area contributed by atoms with E-state index >= 15 is 0 Å². The SMILES string of the molecule is CC1NCCC1C(=O)NCCCO. The zero-order valence-corrected chi connectivity index (χ0v) is 8.05.